The number of nitrogens with zero attached hydrogens (tertiary/aromatic N) is 3. The largest absolute Gasteiger partial charge is 0.354 e. The van der Waals surface area contributed by atoms with Gasteiger partial charge < -0.3 is 15.1 Å². The van der Waals surface area contributed by atoms with Crippen LogP contribution < -0.4 is 10.2 Å². The quantitative estimate of drug-likeness (QED) is 0.836. The fourth-order valence-corrected chi connectivity index (χ4v) is 4.04. The Hall–Kier alpha value is -1.88. The summed E-state index contributed by atoms with van der Waals surface area (Å²) in [5.41, 5.74) is 1.79. The van der Waals surface area contributed by atoms with E-state index in [1.54, 1.807) is 6.20 Å². The summed E-state index contributed by atoms with van der Waals surface area (Å²) in [6, 6.07) is 2.22. The molecule has 0 radical (unpaired) electrons. The second-order valence-corrected chi connectivity index (χ2v) is 7.08. The Morgan fingerprint density at radius 3 is 2.76 bits per heavy atom. The Bertz CT molecular complexity index is 604. The summed E-state index contributed by atoms with van der Waals surface area (Å²) in [6.45, 7) is 10.3. The van der Waals surface area contributed by atoms with Crippen LogP contribution in [0.3, 0.4) is 0 Å². The molecule has 1 aromatic heterocycles. The number of nitrogens with one attached hydrogen (secondary N) is 1. The standard InChI is InChI=1S/C20H30N4O/c1-3-13-24(17-7-5-4-6-8-17)20(25)18-9-10-22-19(16(18)2)23-14-11-21-12-15-23/h3,9-10,17,21H,1,4-8,11-15H2,2H3. The van der Waals surface area contributed by atoms with Gasteiger partial charge in [0, 0.05) is 56.1 Å². The van der Waals surface area contributed by atoms with Gasteiger partial charge in [-0.25, -0.2) is 4.98 Å². The molecule has 1 saturated heterocycles. The number of piperazine rings is 1. The zero-order chi connectivity index (χ0) is 17.6. The van der Waals surface area contributed by atoms with E-state index in [4.69, 9.17) is 0 Å². The van der Waals surface area contributed by atoms with Crippen molar-refractivity contribution in [2.75, 3.05) is 37.6 Å². The van der Waals surface area contributed by atoms with Crippen LogP contribution in [-0.2, 0) is 0 Å². The monoisotopic (exact) mass is 342 g/mol. The Morgan fingerprint density at radius 1 is 1.36 bits per heavy atom. The summed E-state index contributed by atoms with van der Waals surface area (Å²) in [4.78, 5) is 22.2. The average Bonchev–Trinajstić information content (AvgIpc) is 2.67. The lowest BCUT2D eigenvalue weighted by molar-refractivity contribution is 0.0662. The Labute approximate surface area is 151 Å². The molecule has 0 atom stereocenters. The Balaban J connectivity index is 1.85. The van der Waals surface area contributed by atoms with Crippen molar-refractivity contribution in [2.45, 2.75) is 45.1 Å². The summed E-state index contributed by atoms with van der Waals surface area (Å²) < 4.78 is 0. The molecule has 2 aliphatic rings. The third kappa shape index (κ3) is 4.03. The molecule has 1 aliphatic carbocycles. The molecule has 25 heavy (non-hydrogen) atoms. The second kappa shape index (κ2) is 8.48. The van der Waals surface area contributed by atoms with Gasteiger partial charge in [-0.15, -0.1) is 6.58 Å². The molecule has 2 fully saturated rings. The lowest BCUT2D eigenvalue weighted by Crippen LogP contribution is -2.45. The van der Waals surface area contributed by atoms with Crippen LogP contribution in [0.1, 0.15) is 48.0 Å². The maximum Gasteiger partial charge on any atom is 0.254 e. The van der Waals surface area contributed by atoms with Crippen molar-refractivity contribution in [3.8, 4) is 0 Å². The van der Waals surface area contributed by atoms with Gasteiger partial charge in [-0.05, 0) is 25.8 Å². The third-order valence-electron chi connectivity index (χ3n) is 5.43. The summed E-state index contributed by atoms with van der Waals surface area (Å²) in [6.07, 6.45) is 9.56. The minimum absolute atomic E-state index is 0.128. The van der Waals surface area contributed by atoms with Gasteiger partial charge in [0.15, 0.2) is 0 Å². The van der Waals surface area contributed by atoms with Gasteiger partial charge in [0.2, 0.25) is 0 Å². The fraction of sp³-hybridized carbons (Fsp3) is 0.600. The molecule has 0 aromatic carbocycles. The van der Waals surface area contributed by atoms with E-state index >= 15 is 0 Å². The van der Waals surface area contributed by atoms with Crippen molar-refractivity contribution < 1.29 is 4.79 Å². The molecule has 0 spiro atoms. The molecular formula is C20H30N4O. The van der Waals surface area contributed by atoms with E-state index in [2.05, 4.69) is 21.8 Å². The van der Waals surface area contributed by atoms with Gasteiger partial charge >= 0.3 is 0 Å². The molecule has 1 saturated carbocycles. The molecule has 1 aromatic rings. The number of hydrogen-bond acceptors (Lipinski definition) is 4. The first-order chi connectivity index (χ1) is 12.2. The van der Waals surface area contributed by atoms with Crippen molar-refractivity contribution in [2.24, 2.45) is 0 Å². The number of hydrogen-bond donors (Lipinski definition) is 1. The minimum Gasteiger partial charge on any atom is -0.354 e. The van der Waals surface area contributed by atoms with E-state index in [-0.39, 0.29) is 5.91 Å². The van der Waals surface area contributed by atoms with Crippen LogP contribution in [0.5, 0.6) is 0 Å². The van der Waals surface area contributed by atoms with Crippen LogP contribution >= 0.6 is 0 Å². The predicted molar refractivity (Wildman–Crippen MR) is 102 cm³/mol. The van der Waals surface area contributed by atoms with Gasteiger partial charge in [0.05, 0.1) is 0 Å². The maximum atomic E-state index is 13.3. The number of amides is 1. The topological polar surface area (TPSA) is 48.5 Å². The van der Waals surface area contributed by atoms with E-state index in [0.29, 0.717) is 12.6 Å². The molecule has 136 valence electrons. The van der Waals surface area contributed by atoms with Crippen LogP contribution in [0.2, 0.25) is 0 Å². The van der Waals surface area contributed by atoms with Crippen LogP contribution in [0.4, 0.5) is 5.82 Å². The number of rotatable bonds is 5. The van der Waals surface area contributed by atoms with E-state index in [1.807, 2.05) is 24.0 Å². The smallest absolute Gasteiger partial charge is 0.254 e. The highest BCUT2D eigenvalue weighted by atomic mass is 16.2. The van der Waals surface area contributed by atoms with E-state index in [9.17, 15) is 4.79 Å². The lowest BCUT2D eigenvalue weighted by Gasteiger charge is -2.35. The van der Waals surface area contributed by atoms with E-state index in [1.165, 1.54) is 19.3 Å². The summed E-state index contributed by atoms with van der Waals surface area (Å²) in [5.74, 6) is 1.08. The van der Waals surface area contributed by atoms with Crippen molar-refractivity contribution >= 4 is 11.7 Å². The normalized spacial score (nSPS) is 18.8. The highest BCUT2D eigenvalue weighted by Crippen LogP contribution is 2.27. The first-order valence-electron chi connectivity index (χ1n) is 9.55. The molecule has 5 heteroatoms. The molecular weight excluding hydrogens is 312 g/mol. The zero-order valence-corrected chi connectivity index (χ0v) is 15.3. The summed E-state index contributed by atoms with van der Waals surface area (Å²) in [5, 5.41) is 3.36. The van der Waals surface area contributed by atoms with Crippen molar-refractivity contribution in [1.29, 1.82) is 0 Å². The zero-order valence-electron chi connectivity index (χ0n) is 15.3. The Morgan fingerprint density at radius 2 is 2.08 bits per heavy atom. The highest BCUT2D eigenvalue weighted by Gasteiger charge is 2.27. The average molecular weight is 342 g/mol. The molecule has 1 amide bonds. The number of pyridine rings is 1. The number of anilines is 1. The molecule has 3 rings (SSSR count). The van der Waals surface area contributed by atoms with Gasteiger partial charge in [0.1, 0.15) is 5.82 Å². The van der Waals surface area contributed by atoms with Gasteiger partial charge in [-0.3, -0.25) is 4.79 Å². The molecule has 0 bridgehead atoms. The van der Waals surface area contributed by atoms with Crippen molar-refractivity contribution in [3.05, 3.63) is 36.0 Å². The molecule has 1 N–H and O–H groups in total. The van der Waals surface area contributed by atoms with Gasteiger partial charge in [-0.2, -0.15) is 0 Å². The lowest BCUT2D eigenvalue weighted by atomic mass is 9.93. The van der Waals surface area contributed by atoms with Crippen LogP contribution in [0, 0.1) is 6.92 Å². The van der Waals surface area contributed by atoms with Crippen molar-refractivity contribution in [1.82, 2.24) is 15.2 Å². The van der Waals surface area contributed by atoms with Gasteiger partial charge in [0.25, 0.3) is 5.91 Å². The first kappa shape index (κ1) is 17.9. The SMILES string of the molecule is C=CCN(C(=O)c1ccnc(N2CCNCC2)c1C)C1CCCCC1. The Kier molecular flexibility index (Phi) is 6.08. The number of carbonyl (C=O) groups excluding carboxylic acids is 1. The van der Waals surface area contributed by atoms with E-state index < -0.39 is 0 Å². The van der Waals surface area contributed by atoms with Gasteiger partial charge in [-0.1, -0.05) is 25.3 Å². The molecule has 2 heterocycles. The van der Waals surface area contributed by atoms with Crippen LogP contribution in [0.25, 0.3) is 0 Å². The summed E-state index contributed by atoms with van der Waals surface area (Å²) >= 11 is 0. The predicted octanol–water partition coefficient (Wildman–Crippen LogP) is 2.76. The molecule has 1 aliphatic heterocycles. The minimum atomic E-state index is 0.128. The summed E-state index contributed by atoms with van der Waals surface area (Å²) in [7, 11) is 0. The third-order valence-corrected chi connectivity index (χ3v) is 5.43. The first-order valence-corrected chi connectivity index (χ1v) is 9.55. The maximum absolute atomic E-state index is 13.3. The number of carbonyl (C=O) groups is 1. The van der Waals surface area contributed by atoms with Crippen LogP contribution in [0.15, 0.2) is 24.9 Å². The van der Waals surface area contributed by atoms with Crippen molar-refractivity contribution in [3.63, 3.8) is 0 Å². The molecule has 5 nitrogen and oxygen atoms in total. The molecule has 0 unspecified atom stereocenters. The highest BCUT2D eigenvalue weighted by molar-refractivity contribution is 5.97. The van der Waals surface area contributed by atoms with E-state index in [0.717, 1.165) is 56.0 Å². The van der Waals surface area contributed by atoms with Crippen LogP contribution in [-0.4, -0.2) is 54.6 Å². The number of aromatic nitrogens is 1. The fourth-order valence-electron chi connectivity index (χ4n) is 4.04. The second-order valence-electron chi connectivity index (χ2n) is 7.08.